The average molecular weight is 418 g/mol. The molecular weight excluding hydrogens is 401 g/mol. The molecule has 1 aliphatic heterocycles. The zero-order valence-corrected chi connectivity index (χ0v) is 15.5. The predicted octanol–water partition coefficient (Wildman–Crippen LogP) is 2.49. The van der Waals surface area contributed by atoms with Crippen molar-refractivity contribution in [2.75, 3.05) is 6.54 Å². The second kappa shape index (κ2) is 7.12. The molecule has 10 heteroatoms. The molecule has 3 N–H and O–H groups in total. The normalized spacial score (nSPS) is 21.2. The first-order valence-electron chi connectivity index (χ1n) is 9.25. The molecule has 1 aliphatic carbocycles. The molecule has 30 heavy (non-hydrogen) atoms. The van der Waals surface area contributed by atoms with E-state index in [1.54, 1.807) is 0 Å². The summed E-state index contributed by atoms with van der Waals surface area (Å²) in [4.78, 5) is 40.9. The minimum absolute atomic E-state index is 0.0625. The van der Waals surface area contributed by atoms with Crippen molar-refractivity contribution in [1.82, 2.24) is 20.9 Å². The smallest absolute Gasteiger partial charge is 0.349 e. The summed E-state index contributed by atoms with van der Waals surface area (Å²) >= 11 is 0. The molecule has 2 heterocycles. The van der Waals surface area contributed by atoms with Crippen LogP contribution < -0.4 is 16.0 Å². The summed E-state index contributed by atoms with van der Waals surface area (Å²) in [6, 6.07) is 6.76. The fourth-order valence-corrected chi connectivity index (χ4v) is 3.59. The first kappa shape index (κ1) is 19.9. The topological polar surface area (TPSA) is 100 Å². The quantitative estimate of drug-likeness (QED) is 0.650. The van der Waals surface area contributed by atoms with Crippen LogP contribution >= 0.6 is 0 Å². The van der Waals surface area contributed by atoms with Gasteiger partial charge in [0.05, 0.1) is 23.4 Å². The second-order valence-electron chi connectivity index (χ2n) is 7.31. The maximum Gasteiger partial charge on any atom is 0.416 e. The third-order valence-electron chi connectivity index (χ3n) is 5.31. The summed E-state index contributed by atoms with van der Waals surface area (Å²) < 4.78 is 38.4. The molecule has 1 saturated heterocycles. The highest BCUT2D eigenvalue weighted by Gasteiger charge is 2.56. The van der Waals surface area contributed by atoms with Gasteiger partial charge in [0.1, 0.15) is 5.54 Å². The summed E-state index contributed by atoms with van der Waals surface area (Å²) in [6.45, 7) is -0.102. The van der Waals surface area contributed by atoms with E-state index in [1.165, 1.54) is 30.5 Å². The number of aromatic nitrogens is 1. The standard InChI is InChI=1S/C20H17F3N4O3/c21-20(22,23)13-5-3-11(4-6-13)15-14(2-1-9-24-15)16(28)25-10-19(12-7-8-12)17(29)26-18(30)27-19/h1-6,9,12H,7-8,10H2,(H,25,28)(H2,26,27,29,30)/t19-/m0/s1. The number of carbonyl (C=O) groups excluding carboxylic acids is 3. The number of halogens is 3. The molecule has 4 amide bonds. The average Bonchev–Trinajstić information content (AvgIpc) is 3.52. The number of carbonyl (C=O) groups is 3. The lowest BCUT2D eigenvalue weighted by molar-refractivity contribution is -0.137. The van der Waals surface area contributed by atoms with Crippen molar-refractivity contribution in [2.45, 2.75) is 24.6 Å². The number of nitrogens with zero attached hydrogens (tertiary/aromatic N) is 1. The van der Waals surface area contributed by atoms with E-state index in [0.29, 0.717) is 5.56 Å². The molecule has 0 spiro atoms. The van der Waals surface area contributed by atoms with Gasteiger partial charge in [-0.1, -0.05) is 12.1 Å². The minimum Gasteiger partial charge on any atom is -0.349 e. The molecule has 156 valence electrons. The fraction of sp³-hybridized carbons (Fsp3) is 0.300. The van der Waals surface area contributed by atoms with Crippen LogP contribution in [0.1, 0.15) is 28.8 Å². The summed E-state index contributed by atoms with van der Waals surface area (Å²) in [5.41, 5.74) is -1.29. The lowest BCUT2D eigenvalue weighted by Gasteiger charge is -2.26. The van der Waals surface area contributed by atoms with Gasteiger partial charge in [0.15, 0.2) is 0 Å². The van der Waals surface area contributed by atoms with Gasteiger partial charge in [0.2, 0.25) is 0 Å². The lowest BCUT2D eigenvalue weighted by atomic mass is 9.93. The van der Waals surface area contributed by atoms with Crippen molar-refractivity contribution in [3.8, 4) is 11.3 Å². The van der Waals surface area contributed by atoms with Gasteiger partial charge in [-0.3, -0.25) is 19.9 Å². The number of alkyl halides is 3. The van der Waals surface area contributed by atoms with Crippen molar-refractivity contribution >= 4 is 17.8 Å². The Morgan fingerprint density at radius 3 is 2.43 bits per heavy atom. The molecule has 1 saturated carbocycles. The zero-order chi connectivity index (χ0) is 21.5. The van der Waals surface area contributed by atoms with Gasteiger partial charge in [-0.15, -0.1) is 0 Å². The van der Waals surface area contributed by atoms with Crippen LogP contribution in [0.3, 0.4) is 0 Å². The molecule has 1 aromatic carbocycles. The monoisotopic (exact) mass is 418 g/mol. The molecule has 0 unspecified atom stereocenters. The molecule has 2 fully saturated rings. The maximum atomic E-state index is 12.8. The van der Waals surface area contributed by atoms with E-state index in [9.17, 15) is 27.6 Å². The van der Waals surface area contributed by atoms with Crippen LogP contribution in [0.15, 0.2) is 42.6 Å². The highest BCUT2D eigenvalue weighted by atomic mass is 19.4. The third kappa shape index (κ3) is 3.60. The van der Waals surface area contributed by atoms with Crippen molar-refractivity contribution in [1.29, 1.82) is 0 Å². The van der Waals surface area contributed by atoms with Crippen molar-refractivity contribution in [3.63, 3.8) is 0 Å². The Bertz CT molecular complexity index is 1020. The minimum atomic E-state index is -4.47. The Morgan fingerprint density at radius 2 is 1.87 bits per heavy atom. The van der Waals surface area contributed by atoms with Crippen molar-refractivity contribution < 1.29 is 27.6 Å². The number of benzene rings is 1. The van der Waals surface area contributed by atoms with Crippen LogP contribution in [-0.2, 0) is 11.0 Å². The van der Waals surface area contributed by atoms with E-state index in [-0.39, 0.29) is 23.7 Å². The summed E-state index contributed by atoms with van der Waals surface area (Å²) in [5, 5.41) is 7.48. The van der Waals surface area contributed by atoms with Gasteiger partial charge >= 0.3 is 12.2 Å². The van der Waals surface area contributed by atoms with Gasteiger partial charge in [-0.25, -0.2) is 4.79 Å². The van der Waals surface area contributed by atoms with Crippen LogP contribution in [0.4, 0.5) is 18.0 Å². The van der Waals surface area contributed by atoms with Crippen LogP contribution in [-0.4, -0.2) is 34.9 Å². The highest BCUT2D eigenvalue weighted by Crippen LogP contribution is 2.41. The van der Waals surface area contributed by atoms with Gasteiger partial charge < -0.3 is 10.6 Å². The van der Waals surface area contributed by atoms with Crippen molar-refractivity contribution in [2.24, 2.45) is 5.92 Å². The number of amides is 4. The molecule has 0 radical (unpaired) electrons. The van der Waals surface area contributed by atoms with Gasteiger partial charge in [0, 0.05) is 11.8 Å². The SMILES string of the molecule is O=C1NC(=O)[C@](CNC(=O)c2cccnc2-c2ccc(C(F)(F)F)cc2)(C2CC2)N1. The first-order chi connectivity index (χ1) is 14.2. The van der Waals surface area contributed by atoms with Crippen LogP contribution in [0.5, 0.6) is 0 Å². The van der Waals surface area contributed by atoms with Gasteiger partial charge in [-0.2, -0.15) is 13.2 Å². The number of rotatable bonds is 5. The molecule has 0 bridgehead atoms. The van der Waals surface area contributed by atoms with E-state index >= 15 is 0 Å². The van der Waals surface area contributed by atoms with E-state index in [1.807, 2.05) is 0 Å². The second-order valence-corrected chi connectivity index (χ2v) is 7.31. The summed E-state index contributed by atoms with van der Waals surface area (Å²) in [6.07, 6.45) is -1.52. The zero-order valence-electron chi connectivity index (χ0n) is 15.5. The number of hydrogen-bond donors (Lipinski definition) is 3. The molecule has 1 aromatic heterocycles. The number of imide groups is 1. The number of hydrogen-bond acceptors (Lipinski definition) is 4. The van der Waals surface area contributed by atoms with Gasteiger partial charge in [0.25, 0.3) is 11.8 Å². The molecule has 1 atom stereocenters. The Hall–Kier alpha value is -3.43. The Morgan fingerprint density at radius 1 is 1.17 bits per heavy atom. The van der Waals surface area contributed by atoms with E-state index in [0.717, 1.165) is 25.0 Å². The van der Waals surface area contributed by atoms with E-state index in [4.69, 9.17) is 0 Å². The number of urea groups is 1. The van der Waals surface area contributed by atoms with Crippen molar-refractivity contribution in [3.05, 3.63) is 53.7 Å². The van der Waals surface area contributed by atoms with Crippen LogP contribution in [0, 0.1) is 5.92 Å². The molecule has 2 aliphatic rings. The molecule has 7 nitrogen and oxygen atoms in total. The summed E-state index contributed by atoms with van der Waals surface area (Å²) in [7, 11) is 0. The largest absolute Gasteiger partial charge is 0.416 e. The van der Waals surface area contributed by atoms with Gasteiger partial charge in [-0.05, 0) is 43.0 Å². The van der Waals surface area contributed by atoms with Crippen LogP contribution in [0.25, 0.3) is 11.3 Å². The Labute approximate surface area is 169 Å². The third-order valence-corrected chi connectivity index (χ3v) is 5.31. The fourth-order valence-electron chi connectivity index (χ4n) is 3.59. The Kier molecular flexibility index (Phi) is 4.71. The molecule has 4 rings (SSSR count). The molecule has 2 aromatic rings. The maximum absolute atomic E-state index is 12.8. The highest BCUT2D eigenvalue weighted by molar-refractivity contribution is 6.08. The van der Waals surface area contributed by atoms with E-state index < -0.39 is 35.1 Å². The first-order valence-corrected chi connectivity index (χ1v) is 9.25. The number of nitrogens with one attached hydrogen (secondary N) is 3. The van der Waals surface area contributed by atoms with Crippen LogP contribution in [0.2, 0.25) is 0 Å². The number of pyridine rings is 1. The summed E-state index contributed by atoms with van der Waals surface area (Å²) in [5.74, 6) is -1.09. The van der Waals surface area contributed by atoms with E-state index in [2.05, 4.69) is 20.9 Å². The lowest BCUT2D eigenvalue weighted by Crippen LogP contribution is -2.57. The predicted molar refractivity (Wildman–Crippen MR) is 99.1 cm³/mol. The molecular formula is C20H17F3N4O3. The Balaban J connectivity index is 1.56.